The van der Waals surface area contributed by atoms with Crippen LogP contribution in [-0.4, -0.2) is 23.3 Å². The van der Waals surface area contributed by atoms with Gasteiger partial charge in [-0.1, -0.05) is 48.5 Å². The van der Waals surface area contributed by atoms with Crippen molar-refractivity contribution < 1.29 is 9.59 Å². The highest BCUT2D eigenvalue weighted by molar-refractivity contribution is 5.99. The van der Waals surface area contributed by atoms with Gasteiger partial charge in [0, 0.05) is 29.7 Å². The maximum atomic E-state index is 12.5. The molecule has 0 spiro atoms. The van der Waals surface area contributed by atoms with Crippen LogP contribution in [0, 0.1) is 0 Å². The molecule has 0 radical (unpaired) electrons. The SMILES string of the molecule is O=C(NNC(=O)c1ccc2ccccc2n1)c1ccc(N2CCc3ccccc3C2)cc1. The minimum Gasteiger partial charge on any atom is -0.367 e. The monoisotopic (exact) mass is 422 g/mol. The number of nitrogens with zero attached hydrogens (tertiary/aromatic N) is 2. The van der Waals surface area contributed by atoms with Gasteiger partial charge >= 0.3 is 0 Å². The molecule has 1 aromatic heterocycles. The first-order valence-corrected chi connectivity index (χ1v) is 10.6. The Bertz CT molecular complexity index is 1300. The molecule has 0 saturated carbocycles. The van der Waals surface area contributed by atoms with Crippen LogP contribution in [0.5, 0.6) is 0 Å². The lowest BCUT2D eigenvalue weighted by Gasteiger charge is -2.30. The van der Waals surface area contributed by atoms with Gasteiger partial charge in [0.2, 0.25) is 0 Å². The number of nitrogens with one attached hydrogen (secondary N) is 2. The molecule has 2 heterocycles. The molecular weight excluding hydrogens is 400 g/mol. The van der Waals surface area contributed by atoms with Gasteiger partial charge in [0.05, 0.1) is 5.52 Å². The Balaban J connectivity index is 1.21. The summed E-state index contributed by atoms with van der Waals surface area (Å²) in [4.78, 5) is 31.5. The summed E-state index contributed by atoms with van der Waals surface area (Å²) in [6, 6.07) is 26.9. The molecule has 0 bridgehead atoms. The van der Waals surface area contributed by atoms with Gasteiger partial charge in [-0.2, -0.15) is 0 Å². The minimum absolute atomic E-state index is 0.240. The number of carbonyl (C=O) groups excluding carboxylic acids is 2. The van der Waals surface area contributed by atoms with E-state index in [1.807, 2.05) is 42.5 Å². The first-order valence-electron chi connectivity index (χ1n) is 10.6. The molecule has 1 aliphatic rings. The molecule has 6 nitrogen and oxygen atoms in total. The lowest BCUT2D eigenvalue weighted by molar-refractivity contribution is 0.0844. The van der Waals surface area contributed by atoms with Gasteiger partial charge in [-0.25, -0.2) is 4.98 Å². The molecule has 0 saturated heterocycles. The van der Waals surface area contributed by atoms with Crippen molar-refractivity contribution in [2.24, 2.45) is 0 Å². The van der Waals surface area contributed by atoms with Crippen molar-refractivity contribution in [3.8, 4) is 0 Å². The molecule has 0 atom stereocenters. The average Bonchev–Trinajstić information content (AvgIpc) is 2.86. The van der Waals surface area contributed by atoms with Crippen molar-refractivity contribution in [1.82, 2.24) is 15.8 Å². The molecule has 1 aliphatic heterocycles. The predicted octanol–water partition coefficient (Wildman–Crippen LogP) is 3.87. The second-order valence-corrected chi connectivity index (χ2v) is 7.78. The fourth-order valence-electron chi connectivity index (χ4n) is 3.98. The van der Waals surface area contributed by atoms with Crippen molar-refractivity contribution in [2.75, 3.05) is 11.4 Å². The van der Waals surface area contributed by atoms with Gasteiger partial charge in [-0.15, -0.1) is 0 Å². The maximum Gasteiger partial charge on any atom is 0.288 e. The van der Waals surface area contributed by atoms with E-state index in [0.717, 1.165) is 36.1 Å². The third-order valence-corrected chi connectivity index (χ3v) is 5.75. The summed E-state index contributed by atoms with van der Waals surface area (Å²) in [5.41, 5.74) is 10.1. The Labute approximate surface area is 185 Å². The van der Waals surface area contributed by atoms with Gasteiger partial charge in [0.25, 0.3) is 11.8 Å². The van der Waals surface area contributed by atoms with Crippen LogP contribution in [0.4, 0.5) is 5.69 Å². The summed E-state index contributed by atoms with van der Waals surface area (Å²) in [7, 11) is 0. The molecule has 0 aliphatic carbocycles. The van der Waals surface area contributed by atoms with Gasteiger partial charge < -0.3 is 4.90 Å². The van der Waals surface area contributed by atoms with Crippen molar-refractivity contribution in [3.05, 3.63) is 107 Å². The number of fused-ring (bicyclic) bond motifs is 2. The predicted molar refractivity (Wildman–Crippen MR) is 124 cm³/mol. The van der Waals surface area contributed by atoms with E-state index in [0.29, 0.717) is 5.56 Å². The largest absolute Gasteiger partial charge is 0.367 e. The number of aromatic nitrogens is 1. The molecule has 4 aromatic rings. The van der Waals surface area contributed by atoms with Crippen LogP contribution in [0.3, 0.4) is 0 Å². The van der Waals surface area contributed by atoms with E-state index in [2.05, 4.69) is 45.0 Å². The molecule has 3 aromatic carbocycles. The number of hydrazine groups is 1. The molecular formula is C26H22N4O2. The summed E-state index contributed by atoms with van der Waals surface area (Å²) in [5, 5.41) is 0.949. The van der Waals surface area contributed by atoms with Crippen molar-refractivity contribution >= 4 is 28.4 Å². The Morgan fingerprint density at radius 3 is 2.31 bits per heavy atom. The van der Waals surface area contributed by atoms with Gasteiger partial charge in [0.1, 0.15) is 5.69 Å². The second kappa shape index (κ2) is 8.51. The van der Waals surface area contributed by atoms with E-state index < -0.39 is 5.91 Å². The summed E-state index contributed by atoms with van der Waals surface area (Å²) < 4.78 is 0. The zero-order valence-electron chi connectivity index (χ0n) is 17.4. The molecule has 2 N–H and O–H groups in total. The number of rotatable bonds is 3. The molecule has 0 unspecified atom stereocenters. The topological polar surface area (TPSA) is 74.3 Å². The van der Waals surface area contributed by atoms with E-state index in [1.165, 1.54) is 11.1 Å². The lowest BCUT2D eigenvalue weighted by atomic mass is 9.99. The lowest BCUT2D eigenvalue weighted by Crippen LogP contribution is -2.42. The van der Waals surface area contributed by atoms with Gasteiger partial charge in [-0.05, 0) is 53.9 Å². The smallest absolute Gasteiger partial charge is 0.288 e. The van der Waals surface area contributed by atoms with E-state index in [1.54, 1.807) is 18.2 Å². The van der Waals surface area contributed by atoms with Crippen LogP contribution >= 0.6 is 0 Å². The number of anilines is 1. The van der Waals surface area contributed by atoms with Crippen molar-refractivity contribution in [2.45, 2.75) is 13.0 Å². The number of hydrogen-bond donors (Lipinski definition) is 2. The van der Waals surface area contributed by atoms with Gasteiger partial charge in [-0.3, -0.25) is 20.4 Å². The highest BCUT2D eigenvalue weighted by Crippen LogP contribution is 2.24. The van der Waals surface area contributed by atoms with Crippen molar-refractivity contribution in [1.29, 1.82) is 0 Å². The van der Waals surface area contributed by atoms with Crippen LogP contribution < -0.4 is 15.8 Å². The number of carbonyl (C=O) groups is 2. The quantitative estimate of drug-likeness (QED) is 0.492. The number of amides is 2. The zero-order chi connectivity index (χ0) is 21.9. The standard InChI is InChI=1S/C26H22N4O2/c31-25(28-29-26(32)24-14-11-19-6-3-4-8-23(19)27-24)20-9-12-22(13-10-20)30-16-15-18-5-1-2-7-21(18)17-30/h1-14H,15-17H2,(H,28,31)(H,29,32). The first-order chi connectivity index (χ1) is 15.7. The number of benzene rings is 3. The Kier molecular flexibility index (Phi) is 5.25. The maximum absolute atomic E-state index is 12.5. The third kappa shape index (κ3) is 4.03. The normalized spacial score (nSPS) is 12.8. The summed E-state index contributed by atoms with van der Waals surface area (Å²) >= 11 is 0. The first kappa shape index (κ1) is 19.8. The number of para-hydroxylation sites is 1. The van der Waals surface area contributed by atoms with Crippen molar-refractivity contribution in [3.63, 3.8) is 0 Å². The fraction of sp³-hybridized carbons (Fsp3) is 0.115. The van der Waals surface area contributed by atoms with E-state index in [9.17, 15) is 9.59 Å². The van der Waals surface area contributed by atoms with E-state index in [4.69, 9.17) is 0 Å². The summed E-state index contributed by atoms with van der Waals surface area (Å²) in [6.45, 7) is 1.80. The van der Waals surface area contributed by atoms with Crippen LogP contribution in [-0.2, 0) is 13.0 Å². The molecule has 32 heavy (non-hydrogen) atoms. The fourth-order valence-corrected chi connectivity index (χ4v) is 3.98. The number of hydrogen-bond acceptors (Lipinski definition) is 4. The van der Waals surface area contributed by atoms with Crippen LogP contribution in [0.25, 0.3) is 10.9 Å². The van der Waals surface area contributed by atoms with Crippen LogP contribution in [0.15, 0.2) is 84.9 Å². The average molecular weight is 422 g/mol. The Morgan fingerprint density at radius 1 is 0.750 bits per heavy atom. The molecule has 158 valence electrons. The second-order valence-electron chi connectivity index (χ2n) is 7.78. The Morgan fingerprint density at radius 2 is 1.47 bits per heavy atom. The zero-order valence-corrected chi connectivity index (χ0v) is 17.4. The van der Waals surface area contributed by atoms with Crippen LogP contribution in [0.1, 0.15) is 32.0 Å². The molecule has 6 heteroatoms. The summed E-state index contributed by atoms with van der Waals surface area (Å²) in [6.07, 6.45) is 1.01. The van der Waals surface area contributed by atoms with Gasteiger partial charge in [0.15, 0.2) is 0 Å². The molecule has 5 rings (SSSR count). The third-order valence-electron chi connectivity index (χ3n) is 5.75. The molecule has 0 fully saturated rings. The highest BCUT2D eigenvalue weighted by atomic mass is 16.2. The molecule has 2 amide bonds. The minimum atomic E-state index is -0.465. The summed E-state index contributed by atoms with van der Waals surface area (Å²) in [5.74, 6) is -0.845. The van der Waals surface area contributed by atoms with E-state index in [-0.39, 0.29) is 11.6 Å². The van der Waals surface area contributed by atoms with E-state index >= 15 is 0 Å². The highest BCUT2D eigenvalue weighted by Gasteiger charge is 2.17. The number of pyridine rings is 1. The van der Waals surface area contributed by atoms with Crippen LogP contribution in [0.2, 0.25) is 0 Å². The Hall–Kier alpha value is -4.19.